The van der Waals surface area contributed by atoms with Gasteiger partial charge in [-0.3, -0.25) is 38.4 Å². The van der Waals surface area contributed by atoms with Gasteiger partial charge in [-0.15, -0.1) is 17.9 Å². The molecule has 0 aliphatic heterocycles. The van der Waals surface area contributed by atoms with Crippen LogP contribution in [-0.2, 0) is 38.4 Å². The number of carboxylic acid groups (broad SMARTS) is 4. The summed E-state index contributed by atoms with van der Waals surface area (Å²) in [6, 6.07) is 4.05. The second-order valence-corrected chi connectivity index (χ2v) is 17.5. The number of hydrogen-bond acceptors (Lipinski definition) is 16. The first-order chi connectivity index (χ1) is 28.9. The van der Waals surface area contributed by atoms with E-state index in [2.05, 4.69) is 70.6 Å². The van der Waals surface area contributed by atoms with Gasteiger partial charge < -0.3 is 53.2 Å². The van der Waals surface area contributed by atoms with Crippen LogP contribution in [-0.4, -0.2) is 133 Å². The van der Waals surface area contributed by atoms with Gasteiger partial charge in [0.15, 0.2) is 4.34 Å². The summed E-state index contributed by atoms with van der Waals surface area (Å²) in [5.41, 5.74) is 11.7. The van der Waals surface area contributed by atoms with Crippen LogP contribution >= 0.6 is 57.3 Å². The van der Waals surface area contributed by atoms with Crippen LogP contribution in [0.15, 0.2) is 53.4 Å². The molecule has 0 aliphatic rings. The third-order valence-electron chi connectivity index (χ3n) is 7.40. The van der Waals surface area contributed by atoms with Crippen LogP contribution in [0, 0.1) is 0 Å². The highest BCUT2D eigenvalue weighted by molar-refractivity contribution is 8.77. The van der Waals surface area contributed by atoms with Crippen LogP contribution in [0.3, 0.4) is 0 Å². The first-order valence-corrected chi connectivity index (χ1v) is 23.4. The number of nitrogens with zero attached hydrogens (tertiary/aromatic N) is 1. The number of aliphatic carboxylic acids is 4. The number of benzene rings is 1. The molecule has 1 aromatic carbocycles. The molecule has 0 saturated heterocycles. The quantitative estimate of drug-likeness (QED) is 0.0265. The number of rotatable bonds is 27. The number of carbonyl (C=O) groups is 8. The highest BCUT2D eigenvalue weighted by Gasteiger charge is 2.23. The number of carboxylic acids is 4. The summed E-state index contributed by atoms with van der Waals surface area (Å²) in [4.78, 5) is 93.4. The zero-order valence-corrected chi connectivity index (χ0v) is 37.8. The third kappa shape index (κ3) is 27.3. The maximum atomic E-state index is 12.0. The molecule has 5 atom stereocenters. The van der Waals surface area contributed by atoms with Crippen molar-refractivity contribution in [1.82, 2.24) is 26.3 Å². The number of thioether (sulfide) groups is 1. The molecule has 1 heterocycles. The number of amides is 4. The van der Waals surface area contributed by atoms with E-state index < -0.39 is 84.8 Å². The molecule has 1 aromatic heterocycles. The summed E-state index contributed by atoms with van der Waals surface area (Å²) in [7, 11) is 3.59. The highest BCUT2D eigenvalue weighted by atomic mass is 33.1. The second kappa shape index (κ2) is 33.3. The van der Waals surface area contributed by atoms with Gasteiger partial charge in [-0.05, 0) is 48.6 Å². The standard InChI is InChI=1S/C15H25N3O6S.C12H13NS3.C10H17N3O6S/c1-2-3-4-7-25-9-11(14(22)17-8-13(20)21)18-12(19)6-5-10(16)15(23)24;1-3-9(4-2)15-16-12-13-10-7-5-6-8-11(10)14-12;11-5(10(18)19)1-2-7(14)13-6(4-20)9(17)12-3-8(15)16/h3-4,10-11H,2,5-9,16H2,1H3,(H,17,22)(H,18,19)(H,20,21)(H,23,24);3,5-9H,1,4H2,2H3;5-6,20H,1-4,11H2,(H,12,17)(H,13,14)(H,15,16)(H,18,19)/b4-3+;;/t10-,11-;;5-,6-/m0.0/s1. The number of thiol groups is 1. The lowest BCUT2D eigenvalue weighted by molar-refractivity contribution is -0.140. The van der Waals surface area contributed by atoms with Crippen molar-refractivity contribution in [1.29, 1.82) is 0 Å². The Labute approximate surface area is 375 Å². The molecule has 1 unspecified atom stereocenters. The van der Waals surface area contributed by atoms with E-state index in [0.29, 0.717) is 11.0 Å². The van der Waals surface area contributed by atoms with E-state index in [-0.39, 0.29) is 37.2 Å². The Morgan fingerprint density at radius 3 is 1.82 bits per heavy atom. The molecule has 340 valence electrons. The van der Waals surface area contributed by atoms with E-state index in [9.17, 15) is 38.4 Å². The molecular formula is C37H55N7O12S5. The second-order valence-electron chi connectivity index (χ2n) is 12.3. The van der Waals surface area contributed by atoms with E-state index in [4.69, 9.17) is 31.9 Å². The Morgan fingerprint density at radius 1 is 0.836 bits per heavy atom. The molecule has 2 rings (SSSR count). The van der Waals surface area contributed by atoms with Crippen molar-refractivity contribution in [2.75, 3.05) is 30.3 Å². The Morgan fingerprint density at radius 2 is 1.36 bits per heavy atom. The summed E-state index contributed by atoms with van der Waals surface area (Å²) in [5, 5.41) is 43.9. The van der Waals surface area contributed by atoms with Crippen molar-refractivity contribution >= 4 is 115 Å². The number of hydrogen-bond donors (Lipinski definition) is 11. The van der Waals surface area contributed by atoms with Gasteiger partial charge in [0.1, 0.15) is 37.3 Å². The van der Waals surface area contributed by atoms with Gasteiger partial charge in [0.2, 0.25) is 23.6 Å². The third-order valence-corrected chi connectivity index (χ3v) is 13.0. The number of fused-ring (bicyclic) bond motifs is 1. The fourth-order valence-electron chi connectivity index (χ4n) is 4.05. The number of allylic oxidation sites excluding steroid dienone is 1. The molecule has 0 fully saturated rings. The molecule has 61 heavy (non-hydrogen) atoms. The fourth-order valence-corrected chi connectivity index (χ4v) is 8.88. The minimum atomic E-state index is -1.22. The predicted molar refractivity (Wildman–Crippen MR) is 243 cm³/mol. The van der Waals surface area contributed by atoms with Gasteiger partial charge in [-0.25, -0.2) is 4.98 Å². The monoisotopic (exact) mass is 949 g/mol. The van der Waals surface area contributed by atoms with E-state index in [1.165, 1.54) is 16.5 Å². The molecule has 0 aliphatic carbocycles. The maximum Gasteiger partial charge on any atom is 0.322 e. The smallest absolute Gasteiger partial charge is 0.322 e. The lowest BCUT2D eigenvalue weighted by Crippen LogP contribution is -2.49. The van der Waals surface area contributed by atoms with Crippen molar-refractivity contribution in [2.24, 2.45) is 11.5 Å². The summed E-state index contributed by atoms with van der Waals surface area (Å²) in [6.07, 6.45) is 7.48. The van der Waals surface area contributed by atoms with Gasteiger partial charge >= 0.3 is 23.9 Å². The molecule has 0 saturated carbocycles. The number of nitrogens with one attached hydrogen (secondary N) is 4. The van der Waals surface area contributed by atoms with Crippen molar-refractivity contribution in [2.45, 2.75) is 86.1 Å². The topological polar surface area (TPSA) is 331 Å². The van der Waals surface area contributed by atoms with Crippen LogP contribution in [0.4, 0.5) is 0 Å². The number of carbonyl (C=O) groups excluding carboxylic acids is 4. The summed E-state index contributed by atoms with van der Waals surface area (Å²) in [5.74, 6) is -6.31. The lowest BCUT2D eigenvalue weighted by atomic mass is 10.1. The van der Waals surface area contributed by atoms with Gasteiger partial charge in [-0.2, -0.15) is 24.4 Å². The maximum absolute atomic E-state index is 12.0. The van der Waals surface area contributed by atoms with Gasteiger partial charge in [0, 0.05) is 35.4 Å². The van der Waals surface area contributed by atoms with Crippen LogP contribution in [0.25, 0.3) is 10.2 Å². The summed E-state index contributed by atoms with van der Waals surface area (Å²) in [6.45, 7) is 6.89. The number of thiazole rings is 1. The van der Waals surface area contributed by atoms with E-state index >= 15 is 0 Å². The minimum absolute atomic E-state index is 0.0256. The van der Waals surface area contributed by atoms with Crippen molar-refractivity contribution in [3.63, 3.8) is 0 Å². The summed E-state index contributed by atoms with van der Waals surface area (Å²) < 4.78 is 2.39. The molecule has 24 heteroatoms. The predicted octanol–water partition coefficient (Wildman–Crippen LogP) is 2.36. The molecule has 4 amide bonds. The lowest BCUT2D eigenvalue weighted by Gasteiger charge is -2.18. The normalized spacial score (nSPS) is 13.1. The fraction of sp³-hybridized carbons (Fsp3) is 0.486. The average Bonchev–Trinajstić information content (AvgIpc) is 3.65. The first kappa shape index (κ1) is 56.7. The van der Waals surface area contributed by atoms with Gasteiger partial charge in [0.25, 0.3) is 0 Å². The zero-order valence-electron chi connectivity index (χ0n) is 33.7. The number of para-hydroxylation sites is 1. The van der Waals surface area contributed by atoms with E-state index in [1.807, 2.05) is 42.0 Å². The Kier molecular flexibility index (Phi) is 31.0. The largest absolute Gasteiger partial charge is 0.480 e. The zero-order chi connectivity index (χ0) is 46.3. The van der Waals surface area contributed by atoms with E-state index in [0.717, 1.165) is 22.7 Å². The van der Waals surface area contributed by atoms with Crippen molar-refractivity contribution in [3.05, 3.63) is 49.1 Å². The molecule has 12 N–H and O–H groups in total. The number of nitrogens with two attached hydrogens (primary N) is 2. The highest BCUT2D eigenvalue weighted by Crippen LogP contribution is 2.39. The van der Waals surface area contributed by atoms with Crippen LogP contribution in [0.5, 0.6) is 0 Å². The van der Waals surface area contributed by atoms with Crippen LogP contribution < -0.4 is 32.7 Å². The van der Waals surface area contributed by atoms with Gasteiger partial charge in [-0.1, -0.05) is 55.0 Å². The first-order valence-electron chi connectivity index (χ1n) is 18.6. The van der Waals surface area contributed by atoms with Crippen LogP contribution in [0.2, 0.25) is 0 Å². The molecule has 2 aromatic rings. The van der Waals surface area contributed by atoms with Crippen molar-refractivity contribution in [3.8, 4) is 0 Å². The molecule has 19 nitrogen and oxygen atoms in total. The van der Waals surface area contributed by atoms with Gasteiger partial charge in [0.05, 0.1) is 10.2 Å². The SMILES string of the molecule is C=CC(CC)SSc1nc2ccccc2s1.CC/C=C/CSC[C@H](NC(=O)CC[C@H](N)C(=O)O)C(=O)NCC(=O)O.N[C@@H](CCC(=O)N[C@@H](CS)C(=O)NCC(=O)O)C(=O)O. The van der Waals surface area contributed by atoms with Crippen LogP contribution in [0.1, 0.15) is 52.4 Å². The number of aromatic nitrogens is 1. The minimum Gasteiger partial charge on any atom is -0.480 e. The summed E-state index contributed by atoms with van der Waals surface area (Å²) >= 11 is 7.04. The molecule has 0 radical (unpaired) electrons. The van der Waals surface area contributed by atoms with Crippen molar-refractivity contribution < 1.29 is 58.8 Å². The molecular weight excluding hydrogens is 895 g/mol. The Balaban J connectivity index is 0.000000905. The average molecular weight is 950 g/mol. The Bertz CT molecular complexity index is 1730. The molecule has 0 spiro atoms. The van der Waals surface area contributed by atoms with E-state index in [1.54, 1.807) is 22.1 Å². The molecule has 0 bridgehead atoms. The Hall–Kier alpha value is -4.33.